The quantitative estimate of drug-likeness (QED) is 0.676. The van der Waals surface area contributed by atoms with E-state index in [2.05, 4.69) is 10.3 Å². The first-order valence-corrected chi connectivity index (χ1v) is 7.47. The molecule has 5 nitrogen and oxygen atoms in total. The van der Waals surface area contributed by atoms with Gasteiger partial charge in [0.05, 0.1) is 12.1 Å². The Kier molecular flexibility index (Phi) is 4.16. The number of hydrogen-bond acceptors (Lipinski definition) is 4. The first kappa shape index (κ1) is 15.3. The van der Waals surface area contributed by atoms with E-state index in [4.69, 9.17) is 5.73 Å². The van der Waals surface area contributed by atoms with Gasteiger partial charge in [0.2, 0.25) is 5.95 Å². The summed E-state index contributed by atoms with van der Waals surface area (Å²) in [5.74, 6) is 0.546. The molecule has 1 heterocycles. The number of aryl methyl sites for hydroxylation is 1. The molecule has 0 saturated heterocycles. The molecule has 3 aromatic rings. The highest BCUT2D eigenvalue weighted by Crippen LogP contribution is 2.28. The fraction of sp³-hybridized carbons (Fsp3) is 0.235. The molecule has 0 amide bonds. The number of nitrogens with two attached hydrogens (primary N) is 1. The number of phenolic OH excluding ortho intramolecular Hbond substituents is 1. The number of halogens is 1. The smallest absolute Gasteiger partial charge is 0.204 e. The summed E-state index contributed by atoms with van der Waals surface area (Å²) in [6.07, 6.45) is 0. The van der Waals surface area contributed by atoms with Crippen LogP contribution in [-0.2, 0) is 6.54 Å². The van der Waals surface area contributed by atoms with Crippen molar-refractivity contribution in [1.29, 1.82) is 0 Å². The van der Waals surface area contributed by atoms with E-state index >= 15 is 0 Å². The Labute approximate surface area is 133 Å². The molecule has 0 saturated carbocycles. The van der Waals surface area contributed by atoms with Gasteiger partial charge in [-0.1, -0.05) is 18.2 Å². The maximum atomic E-state index is 13.5. The van der Waals surface area contributed by atoms with E-state index in [0.717, 1.165) is 11.1 Å². The lowest BCUT2D eigenvalue weighted by molar-refractivity contribution is 0.480. The van der Waals surface area contributed by atoms with Crippen LogP contribution in [0.5, 0.6) is 5.75 Å². The van der Waals surface area contributed by atoms with E-state index in [1.807, 2.05) is 16.7 Å². The normalized spacial score (nSPS) is 11.1. The molecule has 4 N–H and O–H groups in total. The molecule has 6 heteroatoms. The van der Waals surface area contributed by atoms with E-state index < -0.39 is 0 Å². The SMILES string of the molecule is Cc1cc(Cn2c(NCCN)nc3c(O)cccc32)ccc1F. The monoisotopic (exact) mass is 314 g/mol. The molecule has 0 fully saturated rings. The van der Waals surface area contributed by atoms with Gasteiger partial charge in [-0.2, -0.15) is 0 Å². The summed E-state index contributed by atoms with van der Waals surface area (Å²) in [5.41, 5.74) is 8.46. The average molecular weight is 314 g/mol. The molecule has 3 rings (SSSR count). The maximum Gasteiger partial charge on any atom is 0.204 e. The highest BCUT2D eigenvalue weighted by atomic mass is 19.1. The number of fused-ring (bicyclic) bond motifs is 1. The van der Waals surface area contributed by atoms with Gasteiger partial charge in [0.25, 0.3) is 0 Å². The number of imidazole rings is 1. The Hall–Kier alpha value is -2.60. The summed E-state index contributed by atoms with van der Waals surface area (Å²) in [7, 11) is 0. The van der Waals surface area contributed by atoms with Gasteiger partial charge in [-0.15, -0.1) is 0 Å². The minimum absolute atomic E-state index is 0.132. The van der Waals surface area contributed by atoms with E-state index in [0.29, 0.717) is 36.7 Å². The second-order valence-electron chi connectivity index (χ2n) is 5.47. The highest BCUT2D eigenvalue weighted by molar-refractivity contribution is 5.84. The predicted octanol–water partition coefficient (Wildman–Crippen LogP) is 2.61. The van der Waals surface area contributed by atoms with Crippen molar-refractivity contribution in [3.63, 3.8) is 0 Å². The van der Waals surface area contributed by atoms with Crippen LogP contribution in [0, 0.1) is 12.7 Å². The lowest BCUT2D eigenvalue weighted by Gasteiger charge is -2.11. The fourth-order valence-electron chi connectivity index (χ4n) is 2.60. The number of nitrogens with zero attached hydrogens (tertiary/aromatic N) is 2. The van der Waals surface area contributed by atoms with Crippen LogP contribution in [-0.4, -0.2) is 27.7 Å². The van der Waals surface area contributed by atoms with Crippen LogP contribution in [0.25, 0.3) is 11.0 Å². The van der Waals surface area contributed by atoms with Crippen LogP contribution in [0.15, 0.2) is 36.4 Å². The first-order chi connectivity index (χ1) is 11.1. The Morgan fingerprint density at radius 1 is 1.30 bits per heavy atom. The molecule has 0 aliphatic rings. The molecule has 120 valence electrons. The number of anilines is 1. The van der Waals surface area contributed by atoms with Gasteiger partial charge >= 0.3 is 0 Å². The summed E-state index contributed by atoms with van der Waals surface area (Å²) < 4.78 is 15.4. The molecule has 0 radical (unpaired) electrons. The lowest BCUT2D eigenvalue weighted by atomic mass is 10.1. The van der Waals surface area contributed by atoms with Gasteiger partial charge in [0, 0.05) is 13.1 Å². The predicted molar refractivity (Wildman–Crippen MR) is 89.2 cm³/mol. The van der Waals surface area contributed by atoms with Crippen LogP contribution in [0.4, 0.5) is 10.3 Å². The molecular formula is C17H19FN4O. The highest BCUT2D eigenvalue weighted by Gasteiger charge is 2.13. The van der Waals surface area contributed by atoms with Gasteiger partial charge in [0.15, 0.2) is 0 Å². The fourth-order valence-corrected chi connectivity index (χ4v) is 2.60. The van der Waals surface area contributed by atoms with Crippen molar-refractivity contribution in [2.45, 2.75) is 13.5 Å². The third-order valence-corrected chi connectivity index (χ3v) is 3.75. The Morgan fingerprint density at radius 2 is 2.13 bits per heavy atom. The van der Waals surface area contributed by atoms with Gasteiger partial charge in [-0.25, -0.2) is 9.37 Å². The van der Waals surface area contributed by atoms with Crippen LogP contribution in [0.3, 0.4) is 0 Å². The van der Waals surface area contributed by atoms with Crippen molar-refractivity contribution in [2.24, 2.45) is 5.73 Å². The number of aromatic nitrogens is 2. The zero-order valence-electron chi connectivity index (χ0n) is 12.9. The zero-order valence-corrected chi connectivity index (χ0v) is 12.9. The molecular weight excluding hydrogens is 295 g/mol. The van der Waals surface area contributed by atoms with Crippen molar-refractivity contribution in [3.05, 3.63) is 53.3 Å². The van der Waals surface area contributed by atoms with Crippen LogP contribution >= 0.6 is 0 Å². The molecule has 1 aromatic heterocycles. The van der Waals surface area contributed by atoms with E-state index in [1.54, 1.807) is 25.1 Å². The van der Waals surface area contributed by atoms with E-state index in [9.17, 15) is 9.50 Å². The largest absolute Gasteiger partial charge is 0.506 e. The third kappa shape index (κ3) is 2.98. The van der Waals surface area contributed by atoms with Crippen molar-refractivity contribution in [1.82, 2.24) is 9.55 Å². The summed E-state index contributed by atoms with van der Waals surface area (Å²) in [6.45, 7) is 3.32. The Morgan fingerprint density at radius 3 is 2.87 bits per heavy atom. The number of phenols is 1. The summed E-state index contributed by atoms with van der Waals surface area (Å²) in [5, 5.41) is 13.2. The third-order valence-electron chi connectivity index (χ3n) is 3.75. The molecule has 0 unspecified atom stereocenters. The summed E-state index contributed by atoms with van der Waals surface area (Å²) in [4.78, 5) is 4.46. The standard InChI is InChI=1S/C17H19FN4O/c1-11-9-12(5-6-13(11)18)10-22-14-3-2-4-15(23)16(14)21-17(22)20-8-7-19/h2-6,9,23H,7-8,10,19H2,1H3,(H,20,21). The molecule has 0 atom stereocenters. The van der Waals surface area contributed by atoms with Gasteiger partial charge in [0.1, 0.15) is 17.1 Å². The van der Waals surface area contributed by atoms with Crippen molar-refractivity contribution in [2.75, 3.05) is 18.4 Å². The first-order valence-electron chi connectivity index (χ1n) is 7.47. The maximum absolute atomic E-state index is 13.5. The van der Waals surface area contributed by atoms with Crippen molar-refractivity contribution < 1.29 is 9.50 Å². The number of rotatable bonds is 5. The second kappa shape index (κ2) is 6.26. The van der Waals surface area contributed by atoms with E-state index in [1.165, 1.54) is 6.07 Å². The number of para-hydroxylation sites is 1. The van der Waals surface area contributed by atoms with Gasteiger partial charge in [-0.3, -0.25) is 0 Å². The van der Waals surface area contributed by atoms with E-state index in [-0.39, 0.29) is 11.6 Å². The number of aromatic hydroxyl groups is 1. The molecule has 0 aliphatic heterocycles. The lowest BCUT2D eigenvalue weighted by Crippen LogP contribution is -2.16. The number of benzene rings is 2. The number of nitrogens with one attached hydrogen (secondary N) is 1. The Balaban J connectivity index is 2.06. The number of hydrogen-bond donors (Lipinski definition) is 3. The minimum Gasteiger partial charge on any atom is -0.506 e. The second-order valence-corrected chi connectivity index (χ2v) is 5.47. The topological polar surface area (TPSA) is 76.1 Å². The van der Waals surface area contributed by atoms with Crippen LogP contribution < -0.4 is 11.1 Å². The van der Waals surface area contributed by atoms with Crippen molar-refractivity contribution in [3.8, 4) is 5.75 Å². The van der Waals surface area contributed by atoms with Gasteiger partial charge < -0.3 is 20.7 Å². The van der Waals surface area contributed by atoms with Crippen LogP contribution in [0.1, 0.15) is 11.1 Å². The molecule has 2 aromatic carbocycles. The molecule has 0 spiro atoms. The minimum atomic E-state index is -0.219. The average Bonchev–Trinajstić information content (AvgIpc) is 2.88. The zero-order chi connectivity index (χ0) is 16.4. The van der Waals surface area contributed by atoms with Gasteiger partial charge in [-0.05, 0) is 36.2 Å². The summed E-state index contributed by atoms with van der Waals surface area (Å²) in [6, 6.07) is 10.3. The van der Waals surface area contributed by atoms with Crippen molar-refractivity contribution >= 4 is 17.0 Å². The molecule has 23 heavy (non-hydrogen) atoms. The van der Waals surface area contributed by atoms with Crippen LogP contribution in [0.2, 0.25) is 0 Å². The summed E-state index contributed by atoms with van der Waals surface area (Å²) >= 11 is 0. The molecule has 0 bridgehead atoms. The molecule has 0 aliphatic carbocycles. The Bertz CT molecular complexity index is 844.